The average Bonchev–Trinajstić information content (AvgIpc) is 2.98. The van der Waals surface area contributed by atoms with Crippen LogP contribution in [0.15, 0.2) is 35.7 Å². The molecule has 1 aliphatic rings. The minimum Gasteiger partial charge on any atom is -0.490 e. The first-order chi connectivity index (χ1) is 13.3. The van der Waals surface area contributed by atoms with Crippen LogP contribution in [0.2, 0.25) is 10.0 Å². The number of fused-ring (bicyclic) bond motifs is 1. The van der Waals surface area contributed by atoms with Crippen LogP contribution >= 0.6 is 34.5 Å². The minimum absolute atomic E-state index is 0.0978. The molecule has 0 N–H and O–H groups in total. The fraction of sp³-hybridized carbons (Fsp3) is 0.211. The summed E-state index contributed by atoms with van der Waals surface area (Å²) in [7, 11) is 0. The van der Waals surface area contributed by atoms with E-state index in [1.807, 2.05) is 18.2 Å². The highest BCUT2D eigenvalue weighted by atomic mass is 35.5. The summed E-state index contributed by atoms with van der Waals surface area (Å²) >= 11 is 13.4. The lowest BCUT2D eigenvalue weighted by molar-refractivity contribution is -0.137. The molecule has 2 aromatic carbocycles. The summed E-state index contributed by atoms with van der Waals surface area (Å²) in [6, 6.07) is 7.21. The maximum absolute atomic E-state index is 12.9. The van der Waals surface area contributed by atoms with Crippen molar-refractivity contribution in [3.05, 3.63) is 51.3 Å². The Balaban J connectivity index is 1.70. The summed E-state index contributed by atoms with van der Waals surface area (Å²) in [5, 5.41) is 2.03. The van der Waals surface area contributed by atoms with E-state index in [-0.39, 0.29) is 15.6 Å². The normalized spacial score (nSPS) is 14.0. The molecular formula is C19H12Cl2F3NO2S. The molecule has 0 unspecified atom stereocenters. The van der Waals surface area contributed by atoms with Gasteiger partial charge in [-0.05, 0) is 30.3 Å². The van der Waals surface area contributed by atoms with Crippen LogP contribution in [0.25, 0.3) is 21.8 Å². The first-order valence-corrected chi connectivity index (χ1v) is 9.88. The molecule has 9 heteroatoms. The van der Waals surface area contributed by atoms with Gasteiger partial charge in [-0.3, -0.25) is 0 Å². The maximum atomic E-state index is 12.9. The monoisotopic (exact) mass is 445 g/mol. The third-order valence-corrected chi connectivity index (χ3v) is 5.59. The van der Waals surface area contributed by atoms with Gasteiger partial charge in [0.15, 0.2) is 11.5 Å². The van der Waals surface area contributed by atoms with E-state index in [9.17, 15) is 13.2 Å². The third kappa shape index (κ3) is 3.79. The van der Waals surface area contributed by atoms with E-state index in [4.69, 9.17) is 32.7 Å². The van der Waals surface area contributed by atoms with Gasteiger partial charge < -0.3 is 9.47 Å². The van der Waals surface area contributed by atoms with Crippen LogP contribution in [0.1, 0.15) is 12.0 Å². The van der Waals surface area contributed by atoms with Crippen molar-refractivity contribution < 1.29 is 22.6 Å². The molecule has 3 aromatic rings. The van der Waals surface area contributed by atoms with Gasteiger partial charge in [-0.2, -0.15) is 13.2 Å². The fourth-order valence-electron chi connectivity index (χ4n) is 2.78. The van der Waals surface area contributed by atoms with Gasteiger partial charge in [0, 0.05) is 22.9 Å². The van der Waals surface area contributed by atoms with Crippen molar-refractivity contribution >= 4 is 34.5 Å². The van der Waals surface area contributed by atoms with Gasteiger partial charge >= 0.3 is 6.18 Å². The average molecular weight is 446 g/mol. The molecule has 0 fully saturated rings. The topological polar surface area (TPSA) is 31.4 Å². The molecule has 0 spiro atoms. The Labute approximate surface area is 172 Å². The van der Waals surface area contributed by atoms with E-state index in [1.165, 1.54) is 11.3 Å². The van der Waals surface area contributed by atoms with Gasteiger partial charge in [-0.1, -0.05) is 23.2 Å². The van der Waals surface area contributed by atoms with Crippen molar-refractivity contribution in [1.29, 1.82) is 0 Å². The summed E-state index contributed by atoms with van der Waals surface area (Å²) in [5.74, 6) is 1.31. The zero-order chi connectivity index (χ0) is 19.9. The second kappa shape index (κ2) is 7.46. The number of alkyl halides is 3. The van der Waals surface area contributed by atoms with Crippen LogP contribution in [0.4, 0.5) is 13.2 Å². The van der Waals surface area contributed by atoms with E-state index >= 15 is 0 Å². The van der Waals surface area contributed by atoms with E-state index in [0.717, 1.165) is 24.1 Å². The lowest BCUT2D eigenvalue weighted by atomic mass is 10.1. The first kappa shape index (κ1) is 19.4. The van der Waals surface area contributed by atoms with Crippen LogP contribution in [0.3, 0.4) is 0 Å². The predicted molar refractivity (Wildman–Crippen MR) is 104 cm³/mol. The second-order valence-corrected chi connectivity index (χ2v) is 7.74. The number of halogens is 5. The largest absolute Gasteiger partial charge is 0.490 e. The van der Waals surface area contributed by atoms with E-state index in [0.29, 0.717) is 35.4 Å². The van der Waals surface area contributed by atoms with E-state index in [1.54, 1.807) is 5.38 Å². The van der Waals surface area contributed by atoms with Crippen molar-refractivity contribution in [1.82, 2.24) is 4.98 Å². The Kier molecular flexibility index (Phi) is 5.16. The number of thiazole rings is 1. The molecular weight excluding hydrogens is 434 g/mol. The Morgan fingerprint density at radius 2 is 1.64 bits per heavy atom. The van der Waals surface area contributed by atoms with Crippen LogP contribution in [0.5, 0.6) is 11.5 Å². The van der Waals surface area contributed by atoms with Gasteiger partial charge in [0.05, 0.1) is 34.5 Å². The molecule has 1 aliphatic heterocycles. The smallest absolute Gasteiger partial charge is 0.416 e. The zero-order valence-electron chi connectivity index (χ0n) is 14.1. The lowest BCUT2D eigenvalue weighted by Gasteiger charge is -2.11. The second-order valence-electron chi connectivity index (χ2n) is 6.06. The van der Waals surface area contributed by atoms with Crippen LogP contribution in [-0.2, 0) is 6.18 Å². The number of hydrogen-bond donors (Lipinski definition) is 0. The van der Waals surface area contributed by atoms with Crippen LogP contribution in [-0.4, -0.2) is 18.2 Å². The maximum Gasteiger partial charge on any atom is 0.416 e. The van der Waals surface area contributed by atoms with E-state index < -0.39 is 11.7 Å². The van der Waals surface area contributed by atoms with Gasteiger partial charge in [-0.25, -0.2) is 4.98 Å². The summed E-state index contributed by atoms with van der Waals surface area (Å²) in [4.78, 5) is 4.51. The first-order valence-electron chi connectivity index (χ1n) is 8.25. The summed E-state index contributed by atoms with van der Waals surface area (Å²) in [6.45, 7) is 1.16. The third-order valence-electron chi connectivity index (χ3n) is 4.13. The Morgan fingerprint density at radius 3 is 2.32 bits per heavy atom. The molecule has 28 heavy (non-hydrogen) atoms. The molecule has 0 radical (unpaired) electrons. The molecule has 0 amide bonds. The van der Waals surface area contributed by atoms with Crippen molar-refractivity contribution in [2.75, 3.05) is 13.2 Å². The minimum atomic E-state index is -4.52. The highest BCUT2D eigenvalue weighted by Crippen LogP contribution is 2.43. The number of aromatic nitrogens is 1. The van der Waals surface area contributed by atoms with Crippen LogP contribution in [0, 0.1) is 0 Å². The lowest BCUT2D eigenvalue weighted by Crippen LogP contribution is -2.05. The predicted octanol–water partition coefficient (Wildman–Crippen LogP) is 6.96. The van der Waals surface area contributed by atoms with Crippen molar-refractivity contribution in [2.24, 2.45) is 0 Å². The van der Waals surface area contributed by atoms with Crippen molar-refractivity contribution in [3.8, 4) is 33.3 Å². The highest BCUT2D eigenvalue weighted by molar-refractivity contribution is 7.13. The Bertz CT molecular complexity index is 1010. The van der Waals surface area contributed by atoms with Crippen molar-refractivity contribution in [3.63, 3.8) is 0 Å². The SMILES string of the molecule is FC(F)(F)c1cc(Cl)c(-c2nc(-c3ccc4c(c3)OCCCO4)cs2)c(Cl)c1. The Morgan fingerprint density at radius 1 is 0.964 bits per heavy atom. The van der Waals surface area contributed by atoms with Crippen LogP contribution < -0.4 is 9.47 Å². The van der Waals surface area contributed by atoms with Crippen molar-refractivity contribution in [2.45, 2.75) is 12.6 Å². The summed E-state index contributed by atoms with van der Waals surface area (Å²) in [5.41, 5.74) is 0.821. The molecule has 146 valence electrons. The molecule has 3 nitrogen and oxygen atoms in total. The Hall–Kier alpha value is -1.96. The molecule has 0 atom stereocenters. The molecule has 0 bridgehead atoms. The van der Waals surface area contributed by atoms with Gasteiger partial charge in [0.1, 0.15) is 5.01 Å². The molecule has 0 saturated heterocycles. The number of rotatable bonds is 2. The number of nitrogens with zero attached hydrogens (tertiary/aromatic N) is 1. The quantitative estimate of drug-likeness (QED) is 0.426. The molecule has 0 saturated carbocycles. The molecule has 2 heterocycles. The molecule has 4 rings (SSSR count). The zero-order valence-corrected chi connectivity index (χ0v) is 16.5. The summed E-state index contributed by atoms with van der Waals surface area (Å²) in [6.07, 6.45) is -3.72. The number of benzene rings is 2. The van der Waals surface area contributed by atoms with E-state index in [2.05, 4.69) is 4.98 Å². The number of ether oxygens (including phenoxy) is 2. The highest BCUT2D eigenvalue weighted by Gasteiger charge is 2.32. The summed E-state index contributed by atoms with van der Waals surface area (Å²) < 4.78 is 50.1. The van der Waals surface area contributed by atoms with Gasteiger partial charge in [0.25, 0.3) is 0 Å². The fourth-order valence-corrected chi connectivity index (χ4v) is 4.46. The molecule has 0 aliphatic carbocycles. The van der Waals surface area contributed by atoms with Gasteiger partial charge in [0.2, 0.25) is 0 Å². The van der Waals surface area contributed by atoms with Gasteiger partial charge in [-0.15, -0.1) is 11.3 Å². The number of hydrogen-bond acceptors (Lipinski definition) is 4. The standard InChI is InChI=1S/C19H12Cl2F3NO2S/c20-12-7-11(19(22,23)24)8-13(21)17(12)18-25-14(9-28-18)10-2-3-15-16(6-10)27-5-1-4-26-15/h2-3,6-9H,1,4-5H2. The molecule has 1 aromatic heterocycles.